The summed E-state index contributed by atoms with van der Waals surface area (Å²) in [6.45, 7) is 12.7. The summed E-state index contributed by atoms with van der Waals surface area (Å²) < 4.78 is 5.54. The summed E-state index contributed by atoms with van der Waals surface area (Å²) >= 11 is 0. The Bertz CT molecular complexity index is 1190. The number of ether oxygens (including phenoxy) is 1. The van der Waals surface area contributed by atoms with Gasteiger partial charge in [-0.05, 0) is 57.0 Å². The maximum Gasteiger partial charge on any atom is 0.256 e. The lowest BCUT2D eigenvalue weighted by Gasteiger charge is -2.26. The quantitative estimate of drug-likeness (QED) is 0.514. The van der Waals surface area contributed by atoms with Crippen LogP contribution in [0.1, 0.15) is 53.1 Å². The Morgan fingerprint density at radius 3 is 2.78 bits per heavy atom. The minimum Gasteiger partial charge on any atom is -0.380 e. The van der Waals surface area contributed by atoms with Crippen LogP contribution < -0.4 is 10.6 Å². The highest BCUT2D eigenvalue weighted by Gasteiger charge is 2.27. The zero-order chi connectivity index (χ0) is 25.8. The number of hydrogen-bond donors (Lipinski definition) is 3. The van der Waals surface area contributed by atoms with E-state index in [1.54, 1.807) is 24.3 Å². The normalized spacial score (nSPS) is 17.0. The highest BCUT2D eigenvalue weighted by molar-refractivity contribution is 6.35. The number of hydrogen-bond acceptors (Lipinski definition) is 5. The van der Waals surface area contributed by atoms with E-state index in [1.165, 1.54) is 6.92 Å². The van der Waals surface area contributed by atoms with Gasteiger partial charge in [0.2, 0.25) is 5.91 Å². The number of nitrogens with zero attached hydrogens (tertiary/aromatic N) is 2. The molecule has 0 bridgehead atoms. The van der Waals surface area contributed by atoms with Crippen molar-refractivity contribution in [3.05, 3.63) is 46.3 Å². The first-order valence-corrected chi connectivity index (χ1v) is 12.5. The van der Waals surface area contributed by atoms with Crippen molar-refractivity contribution in [2.45, 2.75) is 34.1 Å². The summed E-state index contributed by atoms with van der Waals surface area (Å²) in [5, 5.41) is 5.63. The van der Waals surface area contributed by atoms with Gasteiger partial charge in [-0.3, -0.25) is 19.3 Å². The number of rotatable bonds is 7. The maximum atomic E-state index is 13.5. The highest BCUT2D eigenvalue weighted by atomic mass is 16.5. The predicted octanol–water partition coefficient (Wildman–Crippen LogP) is 3.27. The molecule has 0 saturated carbocycles. The minimum absolute atomic E-state index is 0.0105. The third-order valence-electron chi connectivity index (χ3n) is 6.77. The van der Waals surface area contributed by atoms with Crippen LogP contribution in [0.3, 0.4) is 0 Å². The average molecular weight is 494 g/mol. The molecule has 1 saturated heterocycles. The molecule has 1 aromatic heterocycles. The molecule has 0 atom stereocenters. The number of carbonyl (C=O) groups is 3. The maximum absolute atomic E-state index is 13.5. The molecule has 4 rings (SSSR count). The molecule has 36 heavy (non-hydrogen) atoms. The third-order valence-corrected chi connectivity index (χ3v) is 6.77. The molecule has 3 heterocycles. The van der Waals surface area contributed by atoms with Gasteiger partial charge in [0.1, 0.15) is 0 Å². The largest absolute Gasteiger partial charge is 0.380 e. The number of amides is 3. The molecule has 3 amide bonds. The van der Waals surface area contributed by atoms with Crippen LogP contribution in [0.5, 0.6) is 0 Å². The average Bonchev–Trinajstić information content (AvgIpc) is 3.14. The topological polar surface area (TPSA) is 107 Å². The van der Waals surface area contributed by atoms with Crippen molar-refractivity contribution < 1.29 is 19.1 Å². The molecule has 0 aliphatic carbocycles. The van der Waals surface area contributed by atoms with Gasteiger partial charge >= 0.3 is 0 Å². The van der Waals surface area contributed by atoms with E-state index in [4.69, 9.17) is 4.74 Å². The molecule has 3 N–H and O–H groups in total. The molecule has 9 heteroatoms. The van der Waals surface area contributed by atoms with Crippen LogP contribution in [-0.2, 0) is 14.3 Å². The van der Waals surface area contributed by atoms with E-state index < -0.39 is 0 Å². The Morgan fingerprint density at radius 2 is 2.03 bits per heavy atom. The number of likely N-dealkylation sites (N-methyl/N-ethyl adjacent to an activating group) is 1. The van der Waals surface area contributed by atoms with Crippen molar-refractivity contribution in [2.75, 3.05) is 56.6 Å². The number of H-pyrrole nitrogens is 1. The van der Waals surface area contributed by atoms with E-state index in [2.05, 4.69) is 20.5 Å². The van der Waals surface area contributed by atoms with Crippen LogP contribution in [0.2, 0.25) is 0 Å². The Morgan fingerprint density at radius 1 is 1.22 bits per heavy atom. The Labute approximate surface area is 211 Å². The third kappa shape index (κ3) is 5.52. The van der Waals surface area contributed by atoms with Gasteiger partial charge in [0.05, 0.1) is 17.7 Å². The lowest BCUT2D eigenvalue weighted by Crippen LogP contribution is -2.39. The number of aromatic nitrogens is 1. The van der Waals surface area contributed by atoms with Crippen molar-refractivity contribution in [1.82, 2.24) is 14.8 Å². The smallest absolute Gasteiger partial charge is 0.256 e. The molecular weight excluding hydrogens is 458 g/mol. The van der Waals surface area contributed by atoms with E-state index >= 15 is 0 Å². The number of carbonyl (C=O) groups excluding carboxylic acids is 3. The fourth-order valence-electron chi connectivity index (χ4n) is 4.84. The van der Waals surface area contributed by atoms with Gasteiger partial charge in [0, 0.05) is 74.6 Å². The fraction of sp³-hybridized carbons (Fsp3) is 0.444. The summed E-state index contributed by atoms with van der Waals surface area (Å²) in [5.74, 6) is -0.411. The van der Waals surface area contributed by atoms with Crippen LogP contribution in [0.15, 0.2) is 18.2 Å². The van der Waals surface area contributed by atoms with Gasteiger partial charge in [0.15, 0.2) is 0 Å². The van der Waals surface area contributed by atoms with Crippen molar-refractivity contribution in [3.8, 4) is 0 Å². The second-order valence-corrected chi connectivity index (χ2v) is 9.31. The Hall–Kier alpha value is -3.43. The summed E-state index contributed by atoms with van der Waals surface area (Å²) in [4.78, 5) is 45.3. The number of aromatic amines is 1. The molecule has 0 unspecified atom stereocenters. The van der Waals surface area contributed by atoms with E-state index in [1.807, 2.05) is 25.7 Å². The second kappa shape index (κ2) is 11.1. The molecule has 2 aromatic rings. The van der Waals surface area contributed by atoms with Crippen LogP contribution in [0.4, 0.5) is 11.4 Å². The number of aryl methyl sites for hydroxylation is 1. The minimum atomic E-state index is -0.221. The van der Waals surface area contributed by atoms with Crippen molar-refractivity contribution in [2.24, 2.45) is 0 Å². The van der Waals surface area contributed by atoms with Crippen molar-refractivity contribution in [1.29, 1.82) is 0 Å². The monoisotopic (exact) mass is 493 g/mol. The van der Waals surface area contributed by atoms with E-state index in [0.717, 1.165) is 56.2 Å². The van der Waals surface area contributed by atoms with Gasteiger partial charge in [-0.2, -0.15) is 0 Å². The van der Waals surface area contributed by atoms with Crippen molar-refractivity contribution >= 4 is 40.7 Å². The summed E-state index contributed by atoms with van der Waals surface area (Å²) in [6, 6.07) is 5.31. The standard InChI is InChI=1S/C27H35N5O4/c1-5-32(11-10-31-9-6-13-36-14-12-31)27(35)25-17(2)24(28-18(25)3)16-22-21-15-20(29-19(4)33)7-8-23(21)30-26(22)34/h7-8,15-16,28H,5-6,9-14H2,1-4H3,(H,29,33)(H,30,34)/b22-16-. The molecule has 0 radical (unpaired) electrons. The number of nitrogens with one attached hydrogen (secondary N) is 3. The zero-order valence-electron chi connectivity index (χ0n) is 21.5. The molecule has 192 valence electrons. The van der Waals surface area contributed by atoms with Crippen LogP contribution in [0.25, 0.3) is 11.6 Å². The second-order valence-electron chi connectivity index (χ2n) is 9.31. The molecular formula is C27H35N5O4. The Kier molecular flexibility index (Phi) is 7.91. The molecule has 2 aliphatic heterocycles. The van der Waals surface area contributed by atoms with Gasteiger partial charge in [-0.1, -0.05) is 0 Å². The number of fused-ring (bicyclic) bond motifs is 1. The zero-order valence-corrected chi connectivity index (χ0v) is 21.5. The van der Waals surface area contributed by atoms with Crippen LogP contribution >= 0.6 is 0 Å². The highest BCUT2D eigenvalue weighted by Crippen LogP contribution is 2.36. The van der Waals surface area contributed by atoms with Gasteiger partial charge in [-0.25, -0.2) is 0 Å². The number of benzene rings is 1. The van der Waals surface area contributed by atoms with E-state index in [0.29, 0.717) is 41.2 Å². The fourth-order valence-corrected chi connectivity index (χ4v) is 4.84. The molecule has 1 aromatic carbocycles. The van der Waals surface area contributed by atoms with E-state index in [9.17, 15) is 14.4 Å². The summed E-state index contributed by atoms with van der Waals surface area (Å²) in [5.41, 5.74) is 5.45. The molecule has 0 spiro atoms. The first-order valence-electron chi connectivity index (χ1n) is 12.5. The summed E-state index contributed by atoms with van der Waals surface area (Å²) in [6.07, 6.45) is 2.79. The lowest BCUT2D eigenvalue weighted by molar-refractivity contribution is -0.114. The van der Waals surface area contributed by atoms with Gasteiger partial charge < -0.3 is 25.3 Å². The lowest BCUT2D eigenvalue weighted by atomic mass is 10.0. The van der Waals surface area contributed by atoms with E-state index in [-0.39, 0.29) is 17.7 Å². The van der Waals surface area contributed by atoms with Crippen LogP contribution in [-0.4, -0.2) is 78.4 Å². The first kappa shape index (κ1) is 25.7. The van der Waals surface area contributed by atoms with Gasteiger partial charge in [-0.15, -0.1) is 0 Å². The van der Waals surface area contributed by atoms with Crippen molar-refractivity contribution in [3.63, 3.8) is 0 Å². The van der Waals surface area contributed by atoms with Crippen LogP contribution in [0, 0.1) is 13.8 Å². The predicted molar refractivity (Wildman–Crippen MR) is 141 cm³/mol. The van der Waals surface area contributed by atoms with Gasteiger partial charge in [0.25, 0.3) is 11.8 Å². The SMILES string of the molecule is CCN(CCN1CCCOCC1)C(=O)c1c(C)[nH]c(/C=C2\C(=O)Nc3ccc(NC(C)=O)cc32)c1C. The summed E-state index contributed by atoms with van der Waals surface area (Å²) in [7, 11) is 0. The molecule has 9 nitrogen and oxygen atoms in total. The molecule has 2 aliphatic rings. The molecule has 1 fully saturated rings. The first-order chi connectivity index (χ1) is 17.3. The Balaban J connectivity index is 1.57. The number of anilines is 2.